The van der Waals surface area contributed by atoms with E-state index >= 15 is 0 Å². The fourth-order valence-electron chi connectivity index (χ4n) is 1.32. The number of aliphatic hydroxyl groups is 1. The van der Waals surface area contributed by atoms with E-state index in [9.17, 15) is 13.9 Å². The van der Waals surface area contributed by atoms with E-state index in [4.69, 9.17) is 4.74 Å². The van der Waals surface area contributed by atoms with Crippen LogP contribution in [0.3, 0.4) is 0 Å². The van der Waals surface area contributed by atoms with Gasteiger partial charge in [0.1, 0.15) is 11.9 Å². The molecule has 1 aliphatic rings. The molecule has 14 heavy (non-hydrogen) atoms. The number of hydrogen-bond acceptors (Lipinski definition) is 2. The molecule has 0 unspecified atom stereocenters. The first-order valence-electron chi connectivity index (χ1n) is 4.46. The summed E-state index contributed by atoms with van der Waals surface area (Å²) in [5.41, 5.74) is 0. The Morgan fingerprint density at radius 1 is 1.29 bits per heavy atom. The number of ether oxygens (including phenoxy) is 1. The van der Waals surface area contributed by atoms with Gasteiger partial charge in [-0.05, 0) is 25.0 Å². The summed E-state index contributed by atoms with van der Waals surface area (Å²) in [6.07, 6.45) is 0.500. The Balaban J connectivity index is 2.09. The molecule has 0 bridgehead atoms. The zero-order valence-corrected chi connectivity index (χ0v) is 7.41. The maximum atomic E-state index is 13.1. The standard InChI is InChI=1S/C10H10F2O2/c11-6-1-3-9(7(12)5-6)14-10-4-2-8(10)13/h1,3,5,8,10,13H,2,4H2/t8-,10-/m1/s1. The van der Waals surface area contributed by atoms with Gasteiger partial charge in [0.2, 0.25) is 0 Å². The minimum Gasteiger partial charge on any atom is -0.485 e. The Morgan fingerprint density at radius 3 is 2.57 bits per heavy atom. The van der Waals surface area contributed by atoms with Crippen LogP contribution in [-0.2, 0) is 0 Å². The first-order chi connectivity index (χ1) is 6.66. The van der Waals surface area contributed by atoms with Gasteiger partial charge in [0.05, 0.1) is 6.10 Å². The number of hydrogen-bond donors (Lipinski definition) is 1. The van der Waals surface area contributed by atoms with Crippen LogP contribution in [0.4, 0.5) is 8.78 Å². The number of rotatable bonds is 2. The lowest BCUT2D eigenvalue weighted by Gasteiger charge is -2.32. The normalized spacial score (nSPS) is 25.6. The van der Waals surface area contributed by atoms with Crippen LogP contribution < -0.4 is 4.74 Å². The third-order valence-corrected chi connectivity index (χ3v) is 2.35. The molecule has 0 aromatic heterocycles. The van der Waals surface area contributed by atoms with Crippen molar-refractivity contribution in [3.8, 4) is 5.75 Å². The molecule has 1 aliphatic carbocycles. The number of aliphatic hydroxyl groups excluding tert-OH is 1. The molecular weight excluding hydrogens is 190 g/mol. The minimum atomic E-state index is -0.732. The van der Waals surface area contributed by atoms with E-state index in [1.165, 1.54) is 6.07 Å². The smallest absolute Gasteiger partial charge is 0.167 e. The second-order valence-corrected chi connectivity index (χ2v) is 3.38. The molecule has 0 saturated heterocycles. The van der Waals surface area contributed by atoms with Crippen LogP contribution in [0.2, 0.25) is 0 Å². The Morgan fingerprint density at radius 2 is 2.07 bits per heavy atom. The fraction of sp³-hybridized carbons (Fsp3) is 0.400. The summed E-state index contributed by atoms with van der Waals surface area (Å²) in [6, 6.07) is 3.12. The quantitative estimate of drug-likeness (QED) is 0.789. The molecule has 1 aromatic carbocycles. The highest BCUT2D eigenvalue weighted by Gasteiger charge is 2.31. The van der Waals surface area contributed by atoms with Crippen molar-refractivity contribution in [1.82, 2.24) is 0 Å². The molecule has 1 saturated carbocycles. The summed E-state index contributed by atoms with van der Waals surface area (Å²) < 4.78 is 30.7. The van der Waals surface area contributed by atoms with E-state index in [0.29, 0.717) is 12.8 Å². The predicted molar refractivity (Wildman–Crippen MR) is 46.0 cm³/mol. The Hall–Kier alpha value is -1.16. The Kier molecular flexibility index (Phi) is 2.37. The second kappa shape index (κ2) is 3.53. The number of benzene rings is 1. The zero-order chi connectivity index (χ0) is 10.1. The highest BCUT2D eigenvalue weighted by atomic mass is 19.1. The summed E-state index contributed by atoms with van der Waals surface area (Å²) in [6.45, 7) is 0. The molecule has 4 heteroatoms. The largest absolute Gasteiger partial charge is 0.485 e. The monoisotopic (exact) mass is 200 g/mol. The van der Waals surface area contributed by atoms with Crippen LogP contribution in [0.1, 0.15) is 12.8 Å². The van der Waals surface area contributed by atoms with Gasteiger partial charge in [-0.2, -0.15) is 0 Å². The van der Waals surface area contributed by atoms with Crippen molar-refractivity contribution in [3.63, 3.8) is 0 Å². The van der Waals surface area contributed by atoms with Crippen molar-refractivity contribution in [1.29, 1.82) is 0 Å². The molecular formula is C10H10F2O2. The average Bonchev–Trinajstić information content (AvgIpc) is 2.14. The summed E-state index contributed by atoms with van der Waals surface area (Å²) >= 11 is 0. The van der Waals surface area contributed by atoms with E-state index in [2.05, 4.69) is 0 Å². The van der Waals surface area contributed by atoms with E-state index < -0.39 is 17.7 Å². The van der Waals surface area contributed by atoms with Crippen molar-refractivity contribution in [2.45, 2.75) is 25.0 Å². The van der Waals surface area contributed by atoms with Gasteiger partial charge in [0, 0.05) is 6.07 Å². The molecule has 0 heterocycles. The van der Waals surface area contributed by atoms with Crippen LogP contribution in [0.25, 0.3) is 0 Å². The molecule has 2 atom stereocenters. The van der Waals surface area contributed by atoms with Gasteiger partial charge in [0.15, 0.2) is 11.6 Å². The van der Waals surface area contributed by atoms with Gasteiger partial charge in [-0.3, -0.25) is 0 Å². The predicted octanol–water partition coefficient (Wildman–Crippen LogP) is 1.87. The van der Waals surface area contributed by atoms with Crippen LogP contribution in [0.5, 0.6) is 5.75 Å². The molecule has 0 amide bonds. The van der Waals surface area contributed by atoms with Crippen molar-refractivity contribution in [3.05, 3.63) is 29.8 Å². The van der Waals surface area contributed by atoms with E-state index in [-0.39, 0.29) is 11.9 Å². The molecule has 1 N–H and O–H groups in total. The van der Waals surface area contributed by atoms with E-state index in [1.807, 2.05) is 0 Å². The summed E-state index contributed by atoms with van der Waals surface area (Å²) in [7, 11) is 0. The maximum absolute atomic E-state index is 13.1. The molecule has 2 rings (SSSR count). The summed E-state index contributed by atoms with van der Waals surface area (Å²) in [5, 5.41) is 9.19. The van der Waals surface area contributed by atoms with Gasteiger partial charge >= 0.3 is 0 Å². The third kappa shape index (κ3) is 1.70. The minimum absolute atomic E-state index is 0.00449. The van der Waals surface area contributed by atoms with Crippen LogP contribution >= 0.6 is 0 Å². The first-order valence-corrected chi connectivity index (χ1v) is 4.46. The van der Waals surface area contributed by atoms with Gasteiger partial charge < -0.3 is 9.84 Å². The molecule has 76 valence electrons. The van der Waals surface area contributed by atoms with Crippen LogP contribution in [-0.4, -0.2) is 17.3 Å². The van der Waals surface area contributed by atoms with E-state index in [1.54, 1.807) is 0 Å². The maximum Gasteiger partial charge on any atom is 0.167 e. The Labute approximate surface area is 80.1 Å². The Bertz CT molecular complexity index is 341. The topological polar surface area (TPSA) is 29.5 Å². The number of halogens is 2. The van der Waals surface area contributed by atoms with Crippen LogP contribution in [0.15, 0.2) is 18.2 Å². The van der Waals surface area contributed by atoms with Crippen LogP contribution in [0, 0.1) is 11.6 Å². The highest BCUT2D eigenvalue weighted by Crippen LogP contribution is 2.27. The zero-order valence-electron chi connectivity index (χ0n) is 7.41. The van der Waals surface area contributed by atoms with Crippen molar-refractivity contribution in [2.24, 2.45) is 0 Å². The third-order valence-electron chi connectivity index (χ3n) is 2.35. The average molecular weight is 200 g/mol. The molecule has 0 aliphatic heterocycles. The summed E-state index contributed by atoms with van der Waals surface area (Å²) in [5.74, 6) is -1.37. The van der Waals surface area contributed by atoms with Gasteiger partial charge in [0.25, 0.3) is 0 Å². The van der Waals surface area contributed by atoms with Gasteiger partial charge in [-0.15, -0.1) is 0 Å². The highest BCUT2D eigenvalue weighted by molar-refractivity contribution is 5.25. The lowest BCUT2D eigenvalue weighted by molar-refractivity contribution is -0.0378. The lowest BCUT2D eigenvalue weighted by atomic mass is 9.92. The SMILES string of the molecule is O[C@@H]1CC[C@H]1Oc1ccc(F)cc1F. The molecule has 2 nitrogen and oxygen atoms in total. The van der Waals surface area contributed by atoms with Crippen molar-refractivity contribution >= 4 is 0 Å². The van der Waals surface area contributed by atoms with Gasteiger partial charge in [-0.1, -0.05) is 0 Å². The fourth-order valence-corrected chi connectivity index (χ4v) is 1.32. The van der Waals surface area contributed by atoms with Gasteiger partial charge in [-0.25, -0.2) is 8.78 Å². The summed E-state index contributed by atoms with van der Waals surface area (Å²) in [4.78, 5) is 0. The second-order valence-electron chi connectivity index (χ2n) is 3.38. The molecule has 1 aromatic rings. The molecule has 0 spiro atoms. The molecule has 1 fully saturated rings. The lowest BCUT2D eigenvalue weighted by Crippen LogP contribution is -2.41. The van der Waals surface area contributed by atoms with E-state index in [0.717, 1.165) is 12.1 Å². The first kappa shape index (κ1) is 9.40. The van der Waals surface area contributed by atoms with Crippen molar-refractivity contribution < 1.29 is 18.6 Å². The van der Waals surface area contributed by atoms with Crippen molar-refractivity contribution in [2.75, 3.05) is 0 Å². The molecule has 0 radical (unpaired) electrons.